The van der Waals surface area contributed by atoms with Gasteiger partial charge in [-0.1, -0.05) is 30.3 Å². The van der Waals surface area contributed by atoms with Gasteiger partial charge in [-0.2, -0.15) is 0 Å². The lowest BCUT2D eigenvalue weighted by Gasteiger charge is -2.12. The molecule has 0 fully saturated rings. The molecule has 0 radical (unpaired) electrons. The third-order valence-electron chi connectivity index (χ3n) is 1.57. The van der Waals surface area contributed by atoms with Crippen molar-refractivity contribution in [2.24, 2.45) is 5.73 Å². The van der Waals surface area contributed by atoms with Crippen molar-refractivity contribution in [3.05, 3.63) is 35.9 Å². The largest absolute Gasteiger partial charge is 0.750 e. The summed E-state index contributed by atoms with van der Waals surface area (Å²) in [6.07, 6.45) is 0. The number of benzene rings is 1. The average Bonchev–Trinajstić information content (AvgIpc) is 2.15. The van der Waals surface area contributed by atoms with Crippen LogP contribution in [0.4, 0.5) is 0 Å². The van der Waals surface area contributed by atoms with Gasteiger partial charge in [-0.15, -0.1) is 0 Å². The Morgan fingerprint density at radius 1 is 1.46 bits per heavy atom. The zero-order valence-electron chi connectivity index (χ0n) is 6.88. The molecule has 2 atom stereocenters. The number of rotatable bonds is 4. The highest BCUT2D eigenvalue weighted by Gasteiger charge is 2.04. The van der Waals surface area contributed by atoms with Crippen LogP contribution in [-0.4, -0.2) is 15.4 Å². The molecule has 0 amide bonds. The molecule has 0 saturated heterocycles. The number of hydrogen-bond donors (Lipinski definition) is 1. The van der Waals surface area contributed by atoms with Crippen LogP contribution in [0.3, 0.4) is 0 Å². The molecule has 1 aromatic rings. The van der Waals surface area contributed by atoms with Gasteiger partial charge in [-0.25, -0.2) is 4.21 Å². The molecule has 0 aliphatic rings. The monoisotopic (exact) mass is 200 g/mol. The Kier molecular flexibility index (Phi) is 4.04. The first-order valence-corrected chi connectivity index (χ1v) is 4.73. The third-order valence-corrected chi connectivity index (χ3v) is 1.90. The van der Waals surface area contributed by atoms with E-state index in [0.717, 1.165) is 5.56 Å². The molecule has 0 aliphatic carbocycles. The van der Waals surface area contributed by atoms with Crippen LogP contribution in [0.5, 0.6) is 0 Å². The van der Waals surface area contributed by atoms with Gasteiger partial charge < -0.3 is 10.3 Å². The van der Waals surface area contributed by atoms with E-state index in [0.29, 0.717) is 0 Å². The van der Waals surface area contributed by atoms with Gasteiger partial charge >= 0.3 is 0 Å². The molecule has 4 nitrogen and oxygen atoms in total. The van der Waals surface area contributed by atoms with Crippen LogP contribution < -0.4 is 5.73 Å². The molecule has 0 spiro atoms. The molecule has 72 valence electrons. The lowest BCUT2D eigenvalue weighted by molar-refractivity contribution is 0.279. The average molecular weight is 200 g/mol. The molecule has 1 rings (SSSR count). The molecule has 0 bridgehead atoms. The van der Waals surface area contributed by atoms with Crippen LogP contribution in [0.1, 0.15) is 11.6 Å². The molecule has 0 saturated carbocycles. The maximum Gasteiger partial charge on any atom is 0.0842 e. The fourth-order valence-corrected chi connectivity index (χ4v) is 1.18. The van der Waals surface area contributed by atoms with Gasteiger partial charge in [0, 0.05) is 0 Å². The molecule has 5 heteroatoms. The van der Waals surface area contributed by atoms with Crippen molar-refractivity contribution in [2.75, 3.05) is 6.61 Å². The van der Waals surface area contributed by atoms with E-state index in [1.807, 2.05) is 30.3 Å². The van der Waals surface area contributed by atoms with Crippen LogP contribution in [-0.2, 0) is 15.5 Å². The van der Waals surface area contributed by atoms with Gasteiger partial charge in [-0.05, 0) is 5.56 Å². The minimum atomic E-state index is -2.49. The summed E-state index contributed by atoms with van der Waals surface area (Å²) >= 11 is -2.49. The predicted molar refractivity (Wildman–Crippen MR) is 48.2 cm³/mol. The Labute approximate surface area is 79.2 Å². The SMILES string of the molecule is NC(COS(=O)[O-])c1ccccc1. The molecule has 2 N–H and O–H groups in total. The van der Waals surface area contributed by atoms with E-state index in [1.165, 1.54) is 0 Å². The lowest BCUT2D eigenvalue weighted by atomic mass is 10.1. The van der Waals surface area contributed by atoms with Gasteiger partial charge in [0.2, 0.25) is 0 Å². The second kappa shape index (κ2) is 5.08. The minimum absolute atomic E-state index is 0.0277. The van der Waals surface area contributed by atoms with Crippen LogP contribution >= 0.6 is 0 Å². The van der Waals surface area contributed by atoms with Crippen LogP contribution in [0.2, 0.25) is 0 Å². The molecular weight excluding hydrogens is 190 g/mol. The second-order valence-electron chi connectivity index (χ2n) is 2.51. The fraction of sp³-hybridized carbons (Fsp3) is 0.250. The third kappa shape index (κ3) is 3.65. The minimum Gasteiger partial charge on any atom is -0.750 e. The maximum atomic E-state index is 10.1. The Hall–Kier alpha value is -0.750. The van der Waals surface area contributed by atoms with E-state index in [1.54, 1.807) is 0 Å². The lowest BCUT2D eigenvalue weighted by Crippen LogP contribution is -2.17. The van der Waals surface area contributed by atoms with Gasteiger partial charge in [0.25, 0.3) is 0 Å². The standard InChI is InChI=1S/C8H11NO3S/c9-8(6-12-13(10)11)7-4-2-1-3-5-7/h1-5,8H,6,9H2,(H,10,11)/p-1. The molecule has 0 aliphatic heterocycles. The Morgan fingerprint density at radius 2 is 2.08 bits per heavy atom. The van der Waals surface area contributed by atoms with Crippen molar-refractivity contribution >= 4 is 11.4 Å². The van der Waals surface area contributed by atoms with Gasteiger partial charge in [0.15, 0.2) is 0 Å². The highest BCUT2D eigenvalue weighted by atomic mass is 32.2. The predicted octanol–water partition coefficient (Wildman–Crippen LogP) is 0.497. The van der Waals surface area contributed by atoms with E-state index < -0.39 is 17.4 Å². The van der Waals surface area contributed by atoms with Crippen molar-refractivity contribution in [3.63, 3.8) is 0 Å². The van der Waals surface area contributed by atoms with E-state index in [2.05, 4.69) is 4.18 Å². The van der Waals surface area contributed by atoms with Gasteiger partial charge in [-0.3, -0.25) is 4.18 Å². The Morgan fingerprint density at radius 3 is 2.62 bits per heavy atom. The summed E-state index contributed by atoms with van der Waals surface area (Å²) in [4.78, 5) is 0. The molecular formula is C8H10NO3S-. The van der Waals surface area contributed by atoms with Crippen molar-refractivity contribution in [2.45, 2.75) is 6.04 Å². The smallest absolute Gasteiger partial charge is 0.0842 e. The number of nitrogens with two attached hydrogens (primary N) is 1. The van der Waals surface area contributed by atoms with Crippen molar-refractivity contribution in [3.8, 4) is 0 Å². The summed E-state index contributed by atoms with van der Waals surface area (Å²) in [5, 5.41) is 0. The van der Waals surface area contributed by atoms with E-state index >= 15 is 0 Å². The summed E-state index contributed by atoms with van der Waals surface area (Å²) in [5.74, 6) is 0. The zero-order valence-corrected chi connectivity index (χ0v) is 7.70. The first-order valence-electron chi connectivity index (χ1n) is 3.73. The summed E-state index contributed by atoms with van der Waals surface area (Å²) in [6.45, 7) is -0.0277. The Bertz CT molecular complexity index is 278. The first kappa shape index (κ1) is 10.3. The summed E-state index contributed by atoms with van der Waals surface area (Å²) in [5.41, 5.74) is 6.50. The fourth-order valence-electron chi connectivity index (χ4n) is 0.925. The van der Waals surface area contributed by atoms with Crippen LogP contribution in [0.25, 0.3) is 0 Å². The topological polar surface area (TPSA) is 75.4 Å². The van der Waals surface area contributed by atoms with Crippen molar-refractivity contribution < 1.29 is 12.9 Å². The van der Waals surface area contributed by atoms with Crippen LogP contribution in [0, 0.1) is 0 Å². The van der Waals surface area contributed by atoms with E-state index in [9.17, 15) is 8.76 Å². The molecule has 2 unspecified atom stereocenters. The van der Waals surface area contributed by atoms with Crippen molar-refractivity contribution in [1.29, 1.82) is 0 Å². The summed E-state index contributed by atoms with van der Waals surface area (Å²) < 4.78 is 24.5. The number of hydrogen-bond acceptors (Lipinski definition) is 4. The zero-order chi connectivity index (χ0) is 9.68. The Balaban J connectivity index is 2.49. The highest BCUT2D eigenvalue weighted by molar-refractivity contribution is 7.74. The van der Waals surface area contributed by atoms with E-state index in [4.69, 9.17) is 5.73 Å². The summed E-state index contributed by atoms with van der Waals surface area (Å²) in [6, 6.07) is 8.78. The summed E-state index contributed by atoms with van der Waals surface area (Å²) in [7, 11) is 0. The van der Waals surface area contributed by atoms with E-state index in [-0.39, 0.29) is 6.61 Å². The maximum absolute atomic E-state index is 10.1. The normalized spacial score (nSPS) is 15.2. The van der Waals surface area contributed by atoms with Gasteiger partial charge in [0.05, 0.1) is 24.0 Å². The highest BCUT2D eigenvalue weighted by Crippen LogP contribution is 2.09. The molecule has 0 heterocycles. The molecule has 1 aromatic carbocycles. The van der Waals surface area contributed by atoms with Gasteiger partial charge in [0.1, 0.15) is 0 Å². The van der Waals surface area contributed by atoms with Crippen LogP contribution in [0.15, 0.2) is 30.3 Å². The molecule has 13 heavy (non-hydrogen) atoms. The first-order chi connectivity index (χ1) is 6.20. The molecule has 0 aromatic heterocycles. The van der Waals surface area contributed by atoms with Crippen molar-refractivity contribution in [1.82, 2.24) is 0 Å². The quantitative estimate of drug-likeness (QED) is 0.718. The second-order valence-corrected chi connectivity index (χ2v) is 3.15.